The van der Waals surface area contributed by atoms with E-state index in [-0.39, 0.29) is 5.91 Å². The normalized spacial score (nSPS) is 10.9. The van der Waals surface area contributed by atoms with Crippen LogP contribution in [0.2, 0.25) is 5.02 Å². The second kappa shape index (κ2) is 8.04. The number of anilines is 1. The monoisotopic (exact) mass is 518 g/mol. The van der Waals surface area contributed by atoms with E-state index in [9.17, 15) is 4.79 Å². The lowest BCUT2D eigenvalue weighted by Gasteiger charge is -2.11. The van der Waals surface area contributed by atoms with Crippen molar-refractivity contribution in [1.29, 1.82) is 0 Å². The van der Waals surface area contributed by atoms with Gasteiger partial charge in [0, 0.05) is 20.9 Å². The number of aryl methyl sites for hydroxylation is 1. The largest absolute Gasteiger partial charge is 0.497 e. The zero-order valence-corrected chi connectivity index (χ0v) is 18.5. The highest BCUT2D eigenvalue weighted by Crippen LogP contribution is 2.30. The molecule has 1 heterocycles. The van der Waals surface area contributed by atoms with Gasteiger partial charge in [-0.3, -0.25) is 4.79 Å². The van der Waals surface area contributed by atoms with Gasteiger partial charge in [0.25, 0.3) is 5.91 Å². The molecule has 0 atom stereocenters. The number of amides is 1. The number of nitrogens with one attached hydrogen (secondary N) is 1. The van der Waals surface area contributed by atoms with Crippen LogP contribution < -0.4 is 10.1 Å². The maximum atomic E-state index is 12.7. The molecule has 1 N–H and O–H groups in total. The Hall–Kier alpha value is -2.58. The minimum atomic E-state index is -0.268. The average molecular weight is 519 g/mol. The van der Waals surface area contributed by atoms with Crippen molar-refractivity contribution >= 4 is 56.9 Å². The SMILES string of the molecule is COc1ccc2oc(-c3ccc(C)c(NC(=O)c4cc(I)ccc4Cl)c3)nc2c1. The number of fused-ring (bicyclic) bond motifs is 1. The molecule has 0 aliphatic rings. The summed E-state index contributed by atoms with van der Waals surface area (Å²) in [7, 11) is 1.61. The summed E-state index contributed by atoms with van der Waals surface area (Å²) in [5, 5.41) is 3.35. The van der Waals surface area contributed by atoms with Gasteiger partial charge in [0.2, 0.25) is 5.89 Å². The van der Waals surface area contributed by atoms with Gasteiger partial charge in [0.1, 0.15) is 11.3 Å². The van der Waals surface area contributed by atoms with Gasteiger partial charge < -0.3 is 14.5 Å². The molecule has 0 spiro atoms. The topological polar surface area (TPSA) is 64.4 Å². The smallest absolute Gasteiger partial charge is 0.257 e. The van der Waals surface area contributed by atoms with E-state index < -0.39 is 0 Å². The van der Waals surface area contributed by atoms with Gasteiger partial charge >= 0.3 is 0 Å². The minimum absolute atomic E-state index is 0.268. The van der Waals surface area contributed by atoms with E-state index in [1.165, 1.54) is 0 Å². The molecule has 4 aromatic rings. The summed E-state index contributed by atoms with van der Waals surface area (Å²) in [6, 6.07) is 16.5. The molecule has 0 aliphatic heterocycles. The first-order valence-corrected chi connectivity index (χ1v) is 10.2. The Kier molecular flexibility index (Phi) is 5.47. The number of benzene rings is 3. The minimum Gasteiger partial charge on any atom is -0.497 e. The third-order valence-corrected chi connectivity index (χ3v) is 5.50. The molecule has 0 unspecified atom stereocenters. The fraction of sp³-hybridized carbons (Fsp3) is 0.0909. The van der Waals surface area contributed by atoms with Crippen molar-refractivity contribution in [2.24, 2.45) is 0 Å². The molecule has 1 amide bonds. The van der Waals surface area contributed by atoms with E-state index in [0.29, 0.717) is 39.0 Å². The van der Waals surface area contributed by atoms with E-state index in [4.69, 9.17) is 20.8 Å². The number of hydrogen-bond donors (Lipinski definition) is 1. The van der Waals surface area contributed by atoms with Crippen LogP contribution in [-0.4, -0.2) is 18.0 Å². The molecule has 5 nitrogen and oxygen atoms in total. The van der Waals surface area contributed by atoms with Gasteiger partial charge in [-0.1, -0.05) is 17.7 Å². The molecule has 0 aliphatic carbocycles. The van der Waals surface area contributed by atoms with E-state index in [1.807, 2.05) is 49.4 Å². The third kappa shape index (κ3) is 4.09. The van der Waals surface area contributed by atoms with Crippen molar-refractivity contribution in [3.8, 4) is 17.2 Å². The molecule has 0 saturated carbocycles. The van der Waals surface area contributed by atoms with Crippen LogP contribution in [0.4, 0.5) is 5.69 Å². The first-order chi connectivity index (χ1) is 13.9. The predicted molar refractivity (Wildman–Crippen MR) is 123 cm³/mol. The number of rotatable bonds is 4. The molecule has 0 radical (unpaired) electrons. The number of ether oxygens (including phenoxy) is 1. The Morgan fingerprint density at radius 1 is 1.14 bits per heavy atom. The molecule has 1 aromatic heterocycles. The summed E-state index contributed by atoms with van der Waals surface area (Å²) in [6.07, 6.45) is 0. The first kappa shape index (κ1) is 19.7. The lowest BCUT2D eigenvalue weighted by atomic mass is 10.1. The number of nitrogens with zero attached hydrogens (tertiary/aromatic N) is 1. The Labute approximate surface area is 186 Å². The molecular weight excluding hydrogens is 503 g/mol. The fourth-order valence-corrected chi connectivity index (χ4v) is 3.60. The number of hydrogen-bond acceptors (Lipinski definition) is 4. The van der Waals surface area contributed by atoms with Gasteiger partial charge in [0.15, 0.2) is 5.58 Å². The van der Waals surface area contributed by atoms with Crippen molar-refractivity contribution in [3.63, 3.8) is 0 Å². The van der Waals surface area contributed by atoms with Crippen LogP contribution in [0.15, 0.2) is 59.0 Å². The molecule has 0 saturated heterocycles. The van der Waals surface area contributed by atoms with Crippen molar-refractivity contribution in [2.45, 2.75) is 6.92 Å². The molecule has 3 aromatic carbocycles. The third-order valence-electron chi connectivity index (χ3n) is 4.50. The highest BCUT2D eigenvalue weighted by atomic mass is 127. The Balaban J connectivity index is 1.67. The van der Waals surface area contributed by atoms with Crippen LogP contribution in [0.25, 0.3) is 22.6 Å². The summed E-state index contributed by atoms with van der Waals surface area (Å²) in [5.74, 6) is 0.913. The molecule has 29 heavy (non-hydrogen) atoms. The quantitative estimate of drug-likeness (QED) is 0.321. The average Bonchev–Trinajstić information content (AvgIpc) is 3.14. The summed E-state index contributed by atoms with van der Waals surface area (Å²) >= 11 is 8.34. The lowest BCUT2D eigenvalue weighted by Crippen LogP contribution is -2.13. The van der Waals surface area contributed by atoms with Crippen LogP contribution in [0.1, 0.15) is 15.9 Å². The van der Waals surface area contributed by atoms with E-state index in [1.54, 1.807) is 19.2 Å². The molecule has 7 heteroatoms. The maximum Gasteiger partial charge on any atom is 0.257 e. The van der Waals surface area contributed by atoms with E-state index in [0.717, 1.165) is 14.7 Å². The molecular formula is C22H16ClIN2O3. The number of halogens is 2. The van der Waals surface area contributed by atoms with Crippen LogP contribution in [0.3, 0.4) is 0 Å². The summed E-state index contributed by atoms with van der Waals surface area (Å²) in [5.41, 5.74) is 4.14. The molecule has 4 rings (SSSR count). The standard InChI is InChI=1S/C22H16ClIN2O3/c1-12-3-4-13(22-26-19-11-15(28-2)6-8-20(19)29-22)9-18(12)25-21(27)16-10-14(24)5-7-17(16)23/h3-11H,1-2H3,(H,25,27). The van der Waals surface area contributed by atoms with Gasteiger partial charge in [-0.05, 0) is 77.5 Å². The number of oxazole rings is 1. The van der Waals surface area contributed by atoms with Gasteiger partial charge in [0.05, 0.1) is 17.7 Å². The molecule has 0 bridgehead atoms. The van der Waals surface area contributed by atoms with Crippen LogP contribution in [-0.2, 0) is 0 Å². The lowest BCUT2D eigenvalue weighted by molar-refractivity contribution is 0.102. The van der Waals surface area contributed by atoms with Crippen LogP contribution in [0, 0.1) is 10.5 Å². The van der Waals surface area contributed by atoms with Gasteiger partial charge in [-0.15, -0.1) is 0 Å². The van der Waals surface area contributed by atoms with Crippen molar-refractivity contribution < 1.29 is 13.9 Å². The number of aromatic nitrogens is 1. The van der Waals surface area contributed by atoms with Gasteiger partial charge in [-0.2, -0.15) is 0 Å². The summed E-state index contributed by atoms with van der Waals surface area (Å²) in [6.45, 7) is 1.92. The molecule has 146 valence electrons. The Morgan fingerprint density at radius 3 is 2.76 bits per heavy atom. The predicted octanol–water partition coefficient (Wildman–Crippen LogP) is 6.32. The Morgan fingerprint density at radius 2 is 1.97 bits per heavy atom. The second-order valence-corrected chi connectivity index (χ2v) is 8.11. The van der Waals surface area contributed by atoms with Gasteiger partial charge in [-0.25, -0.2) is 4.98 Å². The number of carbonyl (C=O) groups is 1. The summed E-state index contributed by atoms with van der Waals surface area (Å²) < 4.78 is 12.0. The van der Waals surface area contributed by atoms with Crippen molar-refractivity contribution in [1.82, 2.24) is 4.98 Å². The zero-order chi connectivity index (χ0) is 20.5. The van der Waals surface area contributed by atoms with Crippen molar-refractivity contribution in [3.05, 3.63) is 74.3 Å². The number of carbonyl (C=O) groups excluding carboxylic acids is 1. The first-order valence-electron chi connectivity index (χ1n) is 8.76. The van der Waals surface area contributed by atoms with E-state index in [2.05, 4.69) is 32.9 Å². The maximum absolute atomic E-state index is 12.7. The van der Waals surface area contributed by atoms with E-state index >= 15 is 0 Å². The fourth-order valence-electron chi connectivity index (χ4n) is 2.91. The highest BCUT2D eigenvalue weighted by Gasteiger charge is 2.15. The highest BCUT2D eigenvalue weighted by molar-refractivity contribution is 14.1. The van der Waals surface area contributed by atoms with Crippen molar-refractivity contribution in [2.75, 3.05) is 12.4 Å². The van der Waals surface area contributed by atoms with Crippen LogP contribution in [0.5, 0.6) is 5.75 Å². The summed E-state index contributed by atoms with van der Waals surface area (Å²) in [4.78, 5) is 17.3. The van der Waals surface area contributed by atoms with Crippen LogP contribution >= 0.6 is 34.2 Å². The Bertz CT molecular complexity index is 1240. The number of methoxy groups -OCH3 is 1. The zero-order valence-electron chi connectivity index (χ0n) is 15.6. The molecule has 0 fully saturated rings. The second-order valence-electron chi connectivity index (χ2n) is 6.46.